The lowest BCUT2D eigenvalue weighted by molar-refractivity contribution is -0.124. The number of aryl methyl sites for hydroxylation is 1. The second kappa shape index (κ2) is 9.32. The molecule has 3 aromatic rings. The van der Waals surface area contributed by atoms with Gasteiger partial charge >= 0.3 is 0 Å². The number of benzene rings is 1. The average molecular weight is 450 g/mol. The van der Waals surface area contributed by atoms with Gasteiger partial charge in [-0.15, -0.1) is 0 Å². The molecule has 0 radical (unpaired) electrons. The summed E-state index contributed by atoms with van der Waals surface area (Å²) in [7, 11) is 0. The van der Waals surface area contributed by atoms with Gasteiger partial charge in [-0.2, -0.15) is 0 Å². The summed E-state index contributed by atoms with van der Waals surface area (Å²) in [5, 5.41) is 5.92. The van der Waals surface area contributed by atoms with E-state index in [2.05, 4.69) is 15.6 Å². The smallest absolute Gasteiger partial charge is 0.257 e. The largest absolute Gasteiger partial charge is 0.454 e. The van der Waals surface area contributed by atoms with Crippen LogP contribution in [0.3, 0.4) is 0 Å². The van der Waals surface area contributed by atoms with Gasteiger partial charge in [0.1, 0.15) is 11.6 Å². The van der Waals surface area contributed by atoms with Crippen molar-refractivity contribution in [2.45, 2.75) is 39.9 Å². The number of hydrogen-bond donors (Lipinski definition) is 2. The van der Waals surface area contributed by atoms with E-state index in [4.69, 9.17) is 9.47 Å². The molecular weight excluding hydrogens is 424 g/mol. The summed E-state index contributed by atoms with van der Waals surface area (Å²) in [5.74, 6) is -0.0918. The molecule has 2 amide bonds. The summed E-state index contributed by atoms with van der Waals surface area (Å²) in [4.78, 5) is 43.2. The van der Waals surface area contributed by atoms with E-state index < -0.39 is 17.4 Å². The molecule has 9 heteroatoms. The van der Waals surface area contributed by atoms with Gasteiger partial charge in [-0.25, -0.2) is 0 Å². The van der Waals surface area contributed by atoms with Crippen molar-refractivity contribution in [2.75, 3.05) is 6.79 Å². The van der Waals surface area contributed by atoms with Gasteiger partial charge < -0.3 is 24.7 Å². The van der Waals surface area contributed by atoms with Gasteiger partial charge in [-0.05, 0) is 30.5 Å². The van der Waals surface area contributed by atoms with Gasteiger partial charge in [0.2, 0.25) is 18.1 Å². The Labute approximate surface area is 190 Å². The Morgan fingerprint density at radius 3 is 2.64 bits per heavy atom. The van der Waals surface area contributed by atoms with Crippen LogP contribution in [0.4, 0.5) is 0 Å². The predicted octanol–water partition coefficient (Wildman–Crippen LogP) is 2.22. The molecule has 1 atom stereocenters. The molecule has 9 nitrogen and oxygen atoms in total. The number of carbonyl (C=O) groups is 2. The van der Waals surface area contributed by atoms with Gasteiger partial charge in [0.05, 0.1) is 10.9 Å². The highest BCUT2D eigenvalue weighted by Gasteiger charge is 2.27. The fraction of sp³-hybridized carbons (Fsp3) is 0.333. The molecule has 1 aliphatic heterocycles. The van der Waals surface area contributed by atoms with Gasteiger partial charge in [0, 0.05) is 37.7 Å². The van der Waals surface area contributed by atoms with Crippen molar-refractivity contribution in [1.82, 2.24) is 20.2 Å². The number of aromatic nitrogens is 2. The van der Waals surface area contributed by atoms with Crippen LogP contribution in [0, 0.1) is 5.92 Å². The Kier molecular flexibility index (Phi) is 6.30. The minimum atomic E-state index is -0.809. The Balaban J connectivity index is 1.60. The van der Waals surface area contributed by atoms with Crippen molar-refractivity contribution in [1.29, 1.82) is 0 Å². The number of nitrogens with one attached hydrogen (secondary N) is 2. The molecule has 0 spiro atoms. The maximum absolute atomic E-state index is 13.2. The van der Waals surface area contributed by atoms with Crippen molar-refractivity contribution in [3.8, 4) is 11.5 Å². The van der Waals surface area contributed by atoms with Crippen LogP contribution in [0.25, 0.3) is 10.9 Å². The van der Waals surface area contributed by atoms with Crippen LogP contribution in [-0.2, 0) is 17.9 Å². The summed E-state index contributed by atoms with van der Waals surface area (Å²) in [5.41, 5.74) is 1.04. The predicted molar refractivity (Wildman–Crippen MR) is 122 cm³/mol. The van der Waals surface area contributed by atoms with Crippen LogP contribution in [-0.4, -0.2) is 34.2 Å². The normalized spacial score (nSPS) is 13.2. The molecule has 0 saturated carbocycles. The van der Waals surface area contributed by atoms with Crippen molar-refractivity contribution >= 4 is 22.7 Å². The zero-order chi connectivity index (χ0) is 23.5. The van der Waals surface area contributed by atoms with Gasteiger partial charge in [0.25, 0.3) is 5.91 Å². The Hall–Kier alpha value is -3.88. The molecule has 0 aliphatic carbocycles. The van der Waals surface area contributed by atoms with E-state index in [1.165, 1.54) is 6.20 Å². The van der Waals surface area contributed by atoms with Crippen LogP contribution in [0.15, 0.2) is 47.7 Å². The molecule has 2 aromatic heterocycles. The first-order valence-electron chi connectivity index (χ1n) is 10.8. The first-order chi connectivity index (χ1) is 15.9. The number of hydrogen-bond acceptors (Lipinski definition) is 6. The third-order valence-electron chi connectivity index (χ3n) is 5.59. The Morgan fingerprint density at radius 2 is 1.97 bits per heavy atom. The molecular formula is C24H26N4O5. The van der Waals surface area contributed by atoms with Crippen molar-refractivity contribution in [3.05, 3.63) is 64.2 Å². The van der Waals surface area contributed by atoms with Crippen LogP contribution in [0.1, 0.15) is 36.7 Å². The summed E-state index contributed by atoms with van der Waals surface area (Å²) < 4.78 is 12.6. The van der Waals surface area contributed by atoms with Crippen LogP contribution < -0.4 is 25.5 Å². The number of amides is 2. The van der Waals surface area contributed by atoms with Crippen LogP contribution >= 0.6 is 0 Å². The highest BCUT2D eigenvalue weighted by atomic mass is 16.7. The van der Waals surface area contributed by atoms with E-state index in [0.29, 0.717) is 28.9 Å². The number of fused-ring (bicyclic) bond motifs is 2. The number of carbonyl (C=O) groups excluding carboxylic acids is 2. The molecule has 2 N–H and O–H groups in total. The molecule has 0 saturated heterocycles. The van der Waals surface area contributed by atoms with E-state index in [0.717, 1.165) is 5.56 Å². The standard InChI is InChI=1S/C24H26N4O5/c1-4-28-12-17(22(29)16-8-19-20(9-18(16)28)33-13-32-19)23(30)27-21(14(2)3)24(31)26-11-15-6-5-7-25-10-15/h5-10,12,14,21H,4,11,13H2,1-3H3,(H,26,31)(H,27,30)/t21-/m1/s1. The summed E-state index contributed by atoms with van der Waals surface area (Å²) >= 11 is 0. The zero-order valence-corrected chi connectivity index (χ0v) is 18.8. The maximum atomic E-state index is 13.2. The van der Waals surface area contributed by atoms with E-state index in [1.807, 2.05) is 26.8 Å². The zero-order valence-electron chi connectivity index (χ0n) is 18.8. The fourth-order valence-corrected chi connectivity index (χ4v) is 3.76. The first kappa shape index (κ1) is 22.3. The molecule has 0 fully saturated rings. The quantitative estimate of drug-likeness (QED) is 0.571. The van der Waals surface area contributed by atoms with Crippen molar-refractivity contribution < 1.29 is 19.1 Å². The van der Waals surface area contributed by atoms with Crippen molar-refractivity contribution in [3.63, 3.8) is 0 Å². The van der Waals surface area contributed by atoms with E-state index in [-0.39, 0.29) is 30.7 Å². The third-order valence-corrected chi connectivity index (χ3v) is 5.59. The Morgan fingerprint density at radius 1 is 1.21 bits per heavy atom. The second-order valence-electron chi connectivity index (χ2n) is 8.15. The molecule has 4 rings (SSSR count). The highest BCUT2D eigenvalue weighted by Crippen LogP contribution is 2.35. The first-order valence-corrected chi connectivity index (χ1v) is 10.8. The molecule has 33 heavy (non-hydrogen) atoms. The molecule has 0 bridgehead atoms. The average Bonchev–Trinajstić information content (AvgIpc) is 3.28. The van der Waals surface area contributed by atoms with E-state index in [1.54, 1.807) is 35.2 Å². The lowest BCUT2D eigenvalue weighted by Gasteiger charge is -2.22. The van der Waals surface area contributed by atoms with Gasteiger partial charge in [-0.1, -0.05) is 19.9 Å². The molecule has 1 aliphatic rings. The second-order valence-corrected chi connectivity index (χ2v) is 8.15. The summed E-state index contributed by atoms with van der Waals surface area (Å²) in [6.45, 7) is 6.50. The van der Waals surface area contributed by atoms with Crippen LogP contribution in [0.5, 0.6) is 11.5 Å². The van der Waals surface area contributed by atoms with E-state index in [9.17, 15) is 14.4 Å². The maximum Gasteiger partial charge on any atom is 0.257 e. The lowest BCUT2D eigenvalue weighted by atomic mass is 10.0. The minimum Gasteiger partial charge on any atom is -0.454 e. The van der Waals surface area contributed by atoms with Gasteiger partial charge in [0.15, 0.2) is 11.5 Å². The minimum absolute atomic E-state index is 0.0334. The number of nitrogens with zero attached hydrogens (tertiary/aromatic N) is 2. The number of pyridine rings is 2. The molecule has 172 valence electrons. The van der Waals surface area contributed by atoms with Crippen LogP contribution in [0.2, 0.25) is 0 Å². The summed E-state index contributed by atoms with van der Waals surface area (Å²) in [6, 6.07) is 6.17. The Bertz CT molecular complexity index is 1250. The van der Waals surface area contributed by atoms with E-state index >= 15 is 0 Å². The highest BCUT2D eigenvalue weighted by molar-refractivity contribution is 6.00. The third kappa shape index (κ3) is 4.52. The number of rotatable bonds is 7. The topological polar surface area (TPSA) is 112 Å². The van der Waals surface area contributed by atoms with Gasteiger partial charge in [-0.3, -0.25) is 19.4 Å². The SMILES string of the molecule is CCn1cc(C(=O)N[C@@H](C(=O)NCc2cccnc2)C(C)C)c(=O)c2cc3c(cc21)OCO3. The lowest BCUT2D eigenvalue weighted by Crippen LogP contribution is -2.50. The number of ether oxygens (including phenoxy) is 2. The molecule has 1 aromatic carbocycles. The molecule has 3 heterocycles. The van der Waals surface area contributed by atoms with Crippen molar-refractivity contribution in [2.24, 2.45) is 5.92 Å². The fourth-order valence-electron chi connectivity index (χ4n) is 3.76. The monoisotopic (exact) mass is 450 g/mol. The molecule has 0 unspecified atom stereocenters. The summed E-state index contributed by atoms with van der Waals surface area (Å²) in [6.07, 6.45) is 4.84.